The highest BCUT2D eigenvalue weighted by Gasteiger charge is 2.17. The maximum atomic E-state index is 5.76. The molecule has 0 spiro atoms. The predicted octanol–water partition coefficient (Wildman–Crippen LogP) is 5.58. The molecule has 1 heterocycles. The number of halogens is 1. The van der Waals surface area contributed by atoms with Crippen molar-refractivity contribution in [3.05, 3.63) is 71.2 Å². The Morgan fingerprint density at radius 1 is 1.15 bits per heavy atom. The molecule has 0 atom stereocenters. The van der Waals surface area contributed by atoms with Crippen LogP contribution in [0.3, 0.4) is 0 Å². The molecule has 2 aromatic carbocycles. The second kappa shape index (κ2) is 9.05. The minimum absolute atomic E-state index is 0.609. The van der Waals surface area contributed by atoms with Crippen LogP contribution in [-0.2, 0) is 12.3 Å². The average molecular weight is 430 g/mol. The zero-order valence-corrected chi connectivity index (χ0v) is 17.0. The molecule has 0 radical (unpaired) electrons. The smallest absolute Gasteiger partial charge is 0.192 e. The van der Waals surface area contributed by atoms with Crippen LogP contribution in [0.2, 0.25) is 0 Å². The van der Waals surface area contributed by atoms with E-state index in [0.29, 0.717) is 13.2 Å². The molecule has 0 N–H and O–H groups in total. The predicted molar refractivity (Wildman–Crippen MR) is 111 cm³/mol. The Bertz CT molecular complexity index is 877. The van der Waals surface area contributed by atoms with E-state index in [9.17, 15) is 0 Å². The number of nitrogens with zero attached hydrogens (tertiary/aromatic N) is 3. The fraction of sp³-hybridized carbons (Fsp3) is 0.200. The first-order chi connectivity index (χ1) is 12.7. The summed E-state index contributed by atoms with van der Waals surface area (Å²) in [5.74, 6) is 2.44. The van der Waals surface area contributed by atoms with Crippen LogP contribution in [0, 0.1) is 0 Å². The van der Waals surface area contributed by atoms with E-state index in [1.165, 1.54) is 5.56 Å². The third-order valence-electron chi connectivity index (χ3n) is 3.74. The van der Waals surface area contributed by atoms with Gasteiger partial charge in [-0.05, 0) is 36.8 Å². The van der Waals surface area contributed by atoms with Crippen molar-refractivity contribution in [3.63, 3.8) is 0 Å². The molecule has 0 bridgehead atoms. The zero-order chi connectivity index (χ0) is 18.4. The number of para-hydroxylation sites is 1. The molecule has 0 unspecified atom stereocenters. The van der Waals surface area contributed by atoms with E-state index >= 15 is 0 Å². The molecular weight excluding hydrogens is 410 g/mol. The van der Waals surface area contributed by atoms with Crippen LogP contribution < -0.4 is 4.74 Å². The largest absolute Gasteiger partial charge is 0.493 e. The number of rotatable bonds is 8. The zero-order valence-electron chi connectivity index (χ0n) is 14.6. The summed E-state index contributed by atoms with van der Waals surface area (Å²) in [5, 5.41) is 9.71. The number of ether oxygens (including phenoxy) is 1. The Balaban J connectivity index is 1.89. The van der Waals surface area contributed by atoms with Gasteiger partial charge in [-0.2, -0.15) is 0 Å². The molecule has 0 aliphatic heterocycles. The minimum Gasteiger partial charge on any atom is -0.493 e. The van der Waals surface area contributed by atoms with Crippen molar-refractivity contribution in [2.24, 2.45) is 0 Å². The number of benzene rings is 2. The molecular formula is C20H20BrN3OS. The van der Waals surface area contributed by atoms with Crippen LogP contribution in [0.4, 0.5) is 0 Å². The lowest BCUT2D eigenvalue weighted by Crippen LogP contribution is -2.02. The summed E-state index contributed by atoms with van der Waals surface area (Å²) in [7, 11) is 0. The van der Waals surface area contributed by atoms with Gasteiger partial charge in [-0.15, -0.1) is 16.8 Å². The molecule has 134 valence electrons. The monoisotopic (exact) mass is 429 g/mol. The Morgan fingerprint density at radius 2 is 1.92 bits per heavy atom. The van der Waals surface area contributed by atoms with Crippen molar-refractivity contribution in [2.45, 2.75) is 24.4 Å². The lowest BCUT2D eigenvalue weighted by atomic mass is 10.2. The number of thioether (sulfide) groups is 1. The highest BCUT2D eigenvalue weighted by molar-refractivity contribution is 9.10. The summed E-state index contributed by atoms with van der Waals surface area (Å²) in [6.07, 6.45) is 1.86. The van der Waals surface area contributed by atoms with E-state index in [-0.39, 0.29) is 0 Å². The third kappa shape index (κ3) is 4.37. The van der Waals surface area contributed by atoms with Crippen LogP contribution in [0.25, 0.3) is 11.4 Å². The van der Waals surface area contributed by atoms with Gasteiger partial charge in [0, 0.05) is 16.8 Å². The molecule has 0 saturated heterocycles. The van der Waals surface area contributed by atoms with Gasteiger partial charge in [-0.3, -0.25) is 4.57 Å². The number of allylic oxidation sites excluding steroid dienone is 1. The fourth-order valence-electron chi connectivity index (χ4n) is 2.55. The molecule has 0 amide bonds. The molecule has 0 saturated carbocycles. The lowest BCUT2D eigenvalue weighted by molar-refractivity contribution is 0.341. The molecule has 3 rings (SSSR count). The van der Waals surface area contributed by atoms with E-state index in [0.717, 1.165) is 32.5 Å². The highest BCUT2D eigenvalue weighted by atomic mass is 79.9. The van der Waals surface area contributed by atoms with Gasteiger partial charge in [0.2, 0.25) is 0 Å². The van der Waals surface area contributed by atoms with Crippen molar-refractivity contribution in [1.82, 2.24) is 14.8 Å². The van der Waals surface area contributed by atoms with Crippen LogP contribution in [0.1, 0.15) is 12.5 Å². The fourth-order valence-corrected chi connectivity index (χ4v) is 3.72. The molecule has 1 aromatic heterocycles. The van der Waals surface area contributed by atoms with Gasteiger partial charge in [0.15, 0.2) is 11.0 Å². The van der Waals surface area contributed by atoms with Crippen LogP contribution in [-0.4, -0.2) is 21.4 Å². The first-order valence-electron chi connectivity index (χ1n) is 8.36. The van der Waals surface area contributed by atoms with E-state index in [4.69, 9.17) is 4.74 Å². The van der Waals surface area contributed by atoms with Gasteiger partial charge >= 0.3 is 0 Å². The summed E-state index contributed by atoms with van der Waals surface area (Å²) < 4.78 is 8.91. The lowest BCUT2D eigenvalue weighted by Gasteiger charge is -2.11. The summed E-state index contributed by atoms with van der Waals surface area (Å²) in [4.78, 5) is 0. The first kappa shape index (κ1) is 18.7. The molecule has 0 aliphatic carbocycles. The summed E-state index contributed by atoms with van der Waals surface area (Å²) in [5.41, 5.74) is 2.18. The van der Waals surface area contributed by atoms with Crippen LogP contribution in [0.5, 0.6) is 5.75 Å². The van der Waals surface area contributed by atoms with Crippen molar-refractivity contribution in [3.8, 4) is 17.1 Å². The summed E-state index contributed by atoms with van der Waals surface area (Å²) >= 11 is 5.13. The normalized spacial score (nSPS) is 10.7. The van der Waals surface area contributed by atoms with Gasteiger partial charge < -0.3 is 4.74 Å². The SMILES string of the molecule is C=CCn1c(SCc2ccc(Br)cc2)nnc1-c1ccccc1OCC. The quantitative estimate of drug-likeness (QED) is 0.345. The Morgan fingerprint density at radius 3 is 2.65 bits per heavy atom. The standard InChI is InChI=1S/C20H20BrN3OS/c1-3-13-24-19(17-7-5-6-8-18(17)25-4-2)22-23-20(24)26-14-15-9-11-16(21)12-10-15/h3,5-12H,1,4,13-14H2,2H3. The van der Waals surface area contributed by atoms with Gasteiger partial charge in [-0.25, -0.2) is 0 Å². The topological polar surface area (TPSA) is 39.9 Å². The van der Waals surface area contributed by atoms with Crippen LogP contribution in [0.15, 0.2) is 70.8 Å². The van der Waals surface area contributed by atoms with Crippen molar-refractivity contribution in [2.75, 3.05) is 6.61 Å². The number of aromatic nitrogens is 3. The molecule has 4 nitrogen and oxygen atoms in total. The maximum absolute atomic E-state index is 5.76. The maximum Gasteiger partial charge on any atom is 0.192 e. The number of hydrogen-bond donors (Lipinski definition) is 0. The second-order valence-corrected chi connectivity index (χ2v) is 7.41. The second-order valence-electron chi connectivity index (χ2n) is 5.55. The van der Waals surface area contributed by atoms with E-state index in [2.05, 4.69) is 49.4 Å². The Labute approximate surface area is 166 Å². The summed E-state index contributed by atoms with van der Waals surface area (Å²) in [6, 6.07) is 16.2. The van der Waals surface area contributed by atoms with E-state index in [1.54, 1.807) is 11.8 Å². The van der Waals surface area contributed by atoms with Crippen molar-refractivity contribution >= 4 is 27.7 Å². The van der Waals surface area contributed by atoms with Gasteiger partial charge in [0.25, 0.3) is 0 Å². The van der Waals surface area contributed by atoms with Gasteiger partial charge in [0.1, 0.15) is 5.75 Å². The van der Waals surface area contributed by atoms with Crippen LogP contribution >= 0.6 is 27.7 Å². The first-order valence-corrected chi connectivity index (χ1v) is 10.1. The Kier molecular flexibility index (Phi) is 6.52. The summed E-state index contributed by atoms with van der Waals surface area (Å²) in [6.45, 7) is 7.11. The molecule has 0 fully saturated rings. The third-order valence-corrected chi connectivity index (χ3v) is 5.30. The van der Waals surface area contributed by atoms with Crippen molar-refractivity contribution in [1.29, 1.82) is 0 Å². The highest BCUT2D eigenvalue weighted by Crippen LogP contribution is 2.32. The minimum atomic E-state index is 0.609. The average Bonchev–Trinajstić information content (AvgIpc) is 3.05. The molecule has 3 aromatic rings. The van der Waals surface area contributed by atoms with Crippen molar-refractivity contribution < 1.29 is 4.74 Å². The van der Waals surface area contributed by atoms with E-state index < -0.39 is 0 Å². The Hall–Kier alpha value is -2.05. The molecule has 6 heteroatoms. The molecule has 26 heavy (non-hydrogen) atoms. The van der Waals surface area contributed by atoms with E-state index in [1.807, 2.05) is 49.4 Å². The number of hydrogen-bond acceptors (Lipinski definition) is 4. The van der Waals surface area contributed by atoms with Gasteiger partial charge in [0.05, 0.1) is 12.2 Å². The molecule has 0 aliphatic rings. The van der Waals surface area contributed by atoms with Gasteiger partial charge in [-0.1, -0.05) is 58.0 Å².